The van der Waals surface area contributed by atoms with Gasteiger partial charge in [0.1, 0.15) is 12.2 Å². The maximum atomic E-state index is 12.0. The molecule has 2 N–H and O–H groups in total. The fraction of sp³-hybridized carbons (Fsp3) is 0.0526. The molecule has 1 amide bonds. The summed E-state index contributed by atoms with van der Waals surface area (Å²) >= 11 is 0. The van der Waals surface area contributed by atoms with Gasteiger partial charge in [-0.15, -0.1) is 0 Å². The first-order valence-corrected chi connectivity index (χ1v) is 8.03. The van der Waals surface area contributed by atoms with Crippen LogP contribution >= 0.6 is 0 Å². The molecular weight excluding hydrogens is 330 g/mol. The molecule has 0 unspecified atom stereocenters. The minimum Gasteiger partial charge on any atom is -0.368 e. The Kier molecular flexibility index (Phi) is 3.81. The molecular formula is C19H15N5O2. The summed E-state index contributed by atoms with van der Waals surface area (Å²) in [5, 5.41) is 9.01. The molecule has 0 fully saturated rings. The Bertz CT molecular complexity index is 1160. The highest BCUT2D eigenvalue weighted by atomic mass is 16.2. The van der Waals surface area contributed by atoms with E-state index in [0.717, 1.165) is 27.0 Å². The van der Waals surface area contributed by atoms with E-state index in [-0.39, 0.29) is 12.1 Å². The Morgan fingerprint density at radius 2 is 1.73 bits per heavy atom. The zero-order chi connectivity index (χ0) is 18.1. The largest absolute Gasteiger partial charge is 0.368 e. The number of primary amides is 1. The minimum absolute atomic E-state index is 0.271. The van der Waals surface area contributed by atoms with Crippen LogP contribution in [0.15, 0.2) is 71.7 Å². The van der Waals surface area contributed by atoms with Crippen molar-refractivity contribution < 1.29 is 4.79 Å². The third-order valence-corrected chi connectivity index (χ3v) is 4.02. The van der Waals surface area contributed by atoms with Gasteiger partial charge in [0.15, 0.2) is 0 Å². The number of hydrogen-bond acceptors (Lipinski definition) is 4. The van der Waals surface area contributed by atoms with E-state index in [1.807, 2.05) is 54.7 Å². The van der Waals surface area contributed by atoms with Gasteiger partial charge in [0.25, 0.3) is 5.56 Å². The normalized spacial score (nSPS) is 10.9. The molecule has 128 valence electrons. The van der Waals surface area contributed by atoms with Gasteiger partial charge in [-0.05, 0) is 18.2 Å². The predicted octanol–water partition coefficient (Wildman–Crippen LogP) is 1.71. The highest BCUT2D eigenvalue weighted by Crippen LogP contribution is 2.33. The Balaban J connectivity index is 1.99. The van der Waals surface area contributed by atoms with Crippen molar-refractivity contribution >= 4 is 11.4 Å². The first kappa shape index (κ1) is 15.8. The third-order valence-electron chi connectivity index (χ3n) is 4.02. The number of pyridine rings is 1. The SMILES string of the molecule is NC(=O)Cn1nc(-c2c(-c3ccccc3)nn3ccccc23)ccc1=O. The number of amides is 1. The van der Waals surface area contributed by atoms with Gasteiger partial charge in [-0.25, -0.2) is 9.20 Å². The van der Waals surface area contributed by atoms with E-state index < -0.39 is 5.91 Å². The lowest BCUT2D eigenvalue weighted by atomic mass is 10.0. The molecule has 0 radical (unpaired) electrons. The van der Waals surface area contributed by atoms with Crippen molar-refractivity contribution in [1.29, 1.82) is 0 Å². The topological polar surface area (TPSA) is 95.3 Å². The lowest BCUT2D eigenvalue weighted by molar-refractivity contribution is -0.118. The summed E-state index contributed by atoms with van der Waals surface area (Å²) < 4.78 is 2.84. The van der Waals surface area contributed by atoms with E-state index in [0.29, 0.717) is 5.69 Å². The smallest absolute Gasteiger partial charge is 0.267 e. The number of rotatable bonds is 4. The maximum Gasteiger partial charge on any atom is 0.267 e. The van der Waals surface area contributed by atoms with Crippen LogP contribution in [0.25, 0.3) is 28.0 Å². The lowest BCUT2D eigenvalue weighted by Crippen LogP contribution is -2.29. The standard InChI is InChI=1S/C19H15N5O2/c20-16(25)12-24-17(26)10-9-14(21-24)18-15-8-4-5-11-23(15)22-19(18)13-6-2-1-3-7-13/h1-11H,12H2,(H2,20,25). The van der Waals surface area contributed by atoms with Crippen molar-refractivity contribution in [3.63, 3.8) is 0 Å². The van der Waals surface area contributed by atoms with Crippen LogP contribution in [0.4, 0.5) is 0 Å². The number of carbonyl (C=O) groups is 1. The molecule has 4 aromatic rings. The van der Waals surface area contributed by atoms with Crippen LogP contribution in [0.2, 0.25) is 0 Å². The number of nitrogens with zero attached hydrogens (tertiary/aromatic N) is 4. The Morgan fingerprint density at radius 1 is 0.962 bits per heavy atom. The number of carbonyl (C=O) groups excluding carboxylic acids is 1. The number of benzene rings is 1. The van der Waals surface area contributed by atoms with Crippen LogP contribution in [0.1, 0.15) is 0 Å². The van der Waals surface area contributed by atoms with Crippen molar-refractivity contribution in [2.75, 3.05) is 0 Å². The summed E-state index contributed by atoms with van der Waals surface area (Å²) in [5.41, 5.74) is 8.69. The van der Waals surface area contributed by atoms with Gasteiger partial charge in [-0.1, -0.05) is 36.4 Å². The van der Waals surface area contributed by atoms with Crippen LogP contribution < -0.4 is 11.3 Å². The molecule has 0 aliphatic heterocycles. The average molecular weight is 345 g/mol. The number of fused-ring (bicyclic) bond motifs is 1. The summed E-state index contributed by atoms with van der Waals surface area (Å²) in [5.74, 6) is -0.625. The zero-order valence-electron chi connectivity index (χ0n) is 13.7. The highest BCUT2D eigenvalue weighted by Gasteiger charge is 2.18. The minimum atomic E-state index is -0.625. The number of hydrogen-bond donors (Lipinski definition) is 1. The maximum absolute atomic E-state index is 12.0. The van der Waals surface area contributed by atoms with Gasteiger partial charge in [-0.3, -0.25) is 9.59 Å². The fourth-order valence-corrected chi connectivity index (χ4v) is 2.89. The monoisotopic (exact) mass is 345 g/mol. The molecule has 0 aliphatic carbocycles. The van der Waals surface area contributed by atoms with Crippen molar-refractivity contribution in [2.45, 2.75) is 6.54 Å². The first-order valence-electron chi connectivity index (χ1n) is 8.03. The van der Waals surface area contributed by atoms with Crippen LogP contribution in [-0.2, 0) is 11.3 Å². The van der Waals surface area contributed by atoms with E-state index in [4.69, 9.17) is 5.73 Å². The van der Waals surface area contributed by atoms with Crippen LogP contribution in [0, 0.1) is 0 Å². The number of aromatic nitrogens is 4. The van der Waals surface area contributed by atoms with E-state index in [9.17, 15) is 9.59 Å². The van der Waals surface area contributed by atoms with Gasteiger partial charge < -0.3 is 5.73 Å². The summed E-state index contributed by atoms with van der Waals surface area (Å²) in [6.45, 7) is -0.271. The van der Waals surface area contributed by atoms with Gasteiger partial charge in [0.2, 0.25) is 5.91 Å². The highest BCUT2D eigenvalue weighted by molar-refractivity contribution is 5.90. The zero-order valence-corrected chi connectivity index (χ0v) is 13.7. The van der Waals surface area contributed by atoms with Crippen LogP contribution in [0.3, 0.4) is 0 Å². The second-order valence-electron chi connectivity index (χ2n) is 5.80. The first-order chi connectivity index (χ1) is 12.6. The quantitative estimate of drug-likeness (QED) is 0.609. The predicted molar refractivity (Wildman–Crippen MR) is 97.3 cm³/mol. The Labute approximate surface area is 148 Å². The van der Waals surface area contributed by atoms with E-state index >= 15 is 0 Å². The molecule has 4 rings (SSSR count). The third kappa shape index (κ3) is 2.75. The molecule has 0 atom stereocenters. The summed E-state index contributed by atoms with van der Waals surface area (Å²) in [4.78, 5) is 23.2. The second kappa shape index (κ2) is 6.29. The molecule has 7 heteroatoms. The molecule has 3 heterocycles. The molecule has 1 aromatic carbocycles. The summed E-state index contributed by atoms with van der Waals surface area (Å²) in [6.07, 6.45) is 1.85. The van der Waals surface area contributed by atoms with E-state index in [1.54, 1.807) is 10.6 Å². The molecule has 0 saturated carbocycles. The Morgan fingerprint density at radius 3 is 2.50 bits per heavy atom. The fourth-order valence-electron chi connectivity index (χ4n) is 2.89. The van der Waals surface area contributed by atoms with E-state index in [2.05, 4.69) is 10.2 Å². The summed E-state index contributed by atoms with van der Waals surface area (Å²) in [7, 11) is 0. The Hall–Kier alpha value is -3.74. The van der Waals surface area contributed by atoms with Gasteiger partial charge >= 0.3 is 0 Å². The summed E-state index contributed by atoms with van der Waals surface area (Å²) in [6, 6.07) is 18.5. The molecule has 3 aromatic heterocycles. The average Bonchev–Trinajstić information content (AvgIpc) is 3.03. The molecule has 7 nitrogen and oxygen atoms in total. The van der Waals surface area contributed by atoms with Crippen molar-refractivity contribution in [3.05, 3.63) is 77.2 Å². The molecule has 0 aliphatic rings. The lowest BCUT2D eigenvalue weighted by Gasteiger charge is -2.06. The molecule has 26 heavy (non-hydrogen) atoms. The molecule has 0 saturated heterocycles. The van der Waals surface area contributed by atoms with Gasteiger partial charge in [-0.2, -0.15) is 10.2 Å². The number of nitrogens with two attached hydrogens (primary N) is 1. The van der Waals surface area contributed by atoms with E-state index in [1.165, 1.54) is 6.07 Å². The molecule has 0 bridgehead atoms. The van der Waals surface area contributed by atoms with Crippen LogP contribution in [-0.4, -0.2) is 25.3 Å². The van der Waals surface area contributed by atoms with Gasteiger partial charge in [0, 0.05) is 17.8 Å². The van der Waals surface area contributed by atoms with Crippen molar-refractivity contribution in [1.82, 2.24) is 19.4 Å². The van der Waals surface area contributed by atoms with Crippen molar-refractivity contribution in [3.8, 4) is 22.5 Å². The van der Waals surface area contributed by atoms with Gasteiger partial charge in [0.05, 0.1) is 16.8 Å². The molecule has 0 spiro atoms. The van der Waals surface area contributed by atoms with Crippen molar-refractivity contribution in [2.24, 2.45) is 5.73 Å². The second-order valence-corrected chi connectivity index (χ2v) is 5.80. The van der Waals surface area contributed by atoms with Crippen LogP contribution in [0.5, 0.6) is 0 Å².